The Labute approximate surface area is 125 Å². The lowest BCUT2D eigenvalue weighted by Gasteiger charge is -2.08. The Hall–Kier alpha value is -1.98. The molecule has 108 valence electrons. The Morgan fingerprint density at radius 3 is 2.57 bits per heavy atom. The molecule has 2 rings (SSSR count). The number of carbonyl (C=O) groups is 1. The Kier molecular flexibility index (Phi) is 4.25. The minimum Gasteiger partial charge on any atom is -0.477 e. The second kappa shape index (κ2) is 5.79. The Balaban J connectivity index is 2.32. The van der Waals surface area contributed by atoms with E-state index in [2.05, 4.69) is 0 Å². The highest BCUT2D eigenvalue weighted by Crippen LogP contribution is 2.36. The first kappa shape index (κ1) is 15.4. The fourth-order valence-corrected chi connectivity index (χ4v) is 3.29. The van der Waals surface area contributed by atoms with E-state index in [0.717, 1.165) is 35.2 Å². The van der Waals surface area contributed by atoms with Crippen molar-refractivity contribution in [1.29, 1.82) is 5.26 Å². The van der Waals surface area contributed by atoms with Gasteiger partial charge in [-0.1, -0.05) is 11.8 Å². The van der Waals surface area contributed by atoms with Crippen molar-refractivity contribution in [2.24, 2.45) is 0 Å². The zero-order valence-corrected chi connectivity index (χ0v) is 11.8. The summed E-state index contributed by atoms with van der Waals surface area (Å²) in [6.07, 6.45) is -4.51. The minimum atomic E-state index is -4.51. The van der Waals surface area contributed by atoms with Gasteiger partial charge in [-0.3, -0.25) is 0 Å². The number of hydrogen-bond donors (Lipinski definition) is 1. The Morgan fingerprint density at radius 1 is 1.33 bits per heavy atom. The lowest BCUT2D eigenvalue weighted by atomic mass is 10.1. The first-order valence-electron chi connectivity index (χ1n) is 5.42. The minimum absolute atomic E-state index is 0.0992. The fraction of sp³-hybridized carbons (Fsp3) is 0.0769. The van der Waals surface area contributed by atoms with Crippen LogP contribution in [-0.4, -0.2) is 11.1 Å². The van der Waals surface area contributed by atoms with Gasteiger partial charge < -0.3 is 5.11 Å². The van der Waals surface area contributed by atoms with Crippen molar-refractivity contribution in [3.63, 3.8) is 0 Å². The highest BCUT2D eigenvalue weighted by molar-refractivity contribution is 7.99. The number of halogens is 3. The number of carboxylic acids is 1. The molecule has 1 aromatic carbocycles. The molecule has 2 aromatic rings. The van der Waals surface area contributed by atoms with E-state index < -0.39 is 17.7 Å². The lowest BCUT2D eigenvalue weighted by Crippen LogP contribution is -2.05. The zero-order chi connectivity index (χ0) is 15.6. The molecule has 0 aliphatic heterocycles. The number of thiophene rings is 1. The number of carboxylic acid groups (broad SMARTS) is 1. The third kappa shape index (κ3) is 3.56. The maximum atomic E-state index is 12.6. The standard InChI is InChI=1S/C13H6F3NO2S2/c14-13(15,16)8-1-2-10(7(3-8)5-17)21-9-4-11(12(18)19)20-6-9/h1-4,6H,(H,18,19). The molecule has 0 bridgehead atoms. The smallest absolute Gasteiger partial charge is 0.416 e. The molecule has 0 spiro atoms. The average Bonchev–Trinajstić information content (AvgIpc) is 2.86. The zero-order valence-electron chi connectivity index (χ0n) is 10.1. The van der Waals surface area contributed by atoms with Crippen LogP contribution in [0.4, 0.5) is 13.2 Å². The van der Waals surface area contributed by atoms with Gasteiger partial charge in [-0.2, -0.15) is 18.4 Å². The van der Waals surface area contributed by atoms with E-state index in [9.17, 15) is 18.0 Å². The van der Waals surface area contributed by atoms with Gasteiger partial charge in [0.15, 0.2) is 0 Å². The highest BCUT2D eigenvalue weighted by atomic mass is 32.2. The second-order valence-electron chi connectivity index (χ2n) is 3.87. The molecule has 0 radical (unpaired) electrons. The second-order valence-corrected chi connectivity index (χ2v) is 5.90. The average molecular weight is 329 g/mol. The van der Waals surface area contributed by atoms with Gasteiger partial charge >= 0.3 is 12.1 Å². The number of nitriles is 1. The summed E-state index contributed by atoms with van der Waals surface area (Å²) >= 11 is 2.07. The van der Waals surface area contributed by atoms with Crippen molar-refractivity contribution in [3.05, 3.63) is 45.6 Å². The highest BCUT2D eigenvalue weighted by Gasteiger charge is 2.31. The first-order chi connectivity index (χ1) is 9.81. The molecule has 0 fully saturated rings. The van der Waals surface area contributed by atoms with Gasteiger partial charge in [-0.05, 0) is 24.3 Å². The third-order valence-corrected chi connectivity index (χ3v) is 4.56. The quantitative estimate of drug-likeness (QED) is 0.901. The molecular formula is C13H6F3NO2S2. The van der Waals surface area contributed by atoms with Crippen LogP contribution in [0.5, 0.6) is 0 Å². The summed E-state index contributed by atoms with van der Waals surface area (Å²) in [5.41, 5.74) is -0.988. The van der Waals surface area contributed by atoms with Gasteiger partial charge in [0, 0.05) is 15.2 Å². The van der Waals surface area contributed by atoms with Crippen LogP contribution in [0.2, 0.25) is 0 Å². The summed E-state index contributed by atoms with van der Waals surface area (Å²) < 4.78 is 37.7. The molecule has 8 heteroatoms. The van der Waals surface area contributed by atoms with Crippen molar-refractivity contribution in [2.75, 3.05) is 0 Å². The molecule has 1 heterocycles. The van der Waals surface area contributed by atoms with Gasteiger partial charge in [0.2, 0.25) is 0 Å². The molecule has 21 heavy (non-hydrogen) atoms. The summed E-state index contributed by atoms with van der Waals surface area (Å²) in [4.78, 5) is 11.8. The van der Waals surface area contributed by atoms with Gasteiger partial charge in [0.1, 0.15) is 10.9 Å². The van der Waals surface area contributed by atoms with Crippen LogP contribution >= 0.6 is 23.1 Å². The van der Waals surface area contributed by atoms with Crippen LogP contribution < -0.4 is 0 Å². The molecule has 0 unspecified atom stereocenters. The van der Waals surface area contributed by atoms with E-state index in [1.165, 1.54) is 12.1 Å². The molecule has 0 atom stereocenters. The molecule has 0 saturated heterocycles. The number of nitrogens with zero attached hydrogens (tertiary/aromatic N) is 1. The van der Waals surface area contributed by atoms with Crippen molar-refractivity contribution in [2.45, 2.75) is 16.0 Å². The van der Waals surface area contributed by atoms with Crippen molar-refractivity contribution in [3.8, 4) is 6.07 Å². The van der Waals surface area contributed by atoms with Crippen LogP contribution in [0.15, 0.2) is 39.4 Å². The van der Waals surface area contributed by atoms with E-state index >= 15 is 0 Å². The Bertz CT molecular complexity index is 732. The van der Waals surface area contributed by atoms with Crippen LogP contribution in [0.1, 0.15) is 20.8 Å². The number of alkyl halides is 3. The van der Waals surface area contributed by atoms with E-state index in [-0.39, 0.29) is 10.4 Å². The molecule has 0 amide bonds. The van der Waals surface area contributed by atoms with Crippen molar-refractivity contribution < 1.29 is 23.1 Å². The maximum absolute atomic E-state index is 12.6. The number of hydrogen-bond acceptors (Lipinski definition) is 4. The number of rotatable bonds is 3. The first-order valence-corrected chi connectivity index (χ1v) is 7.12. The van der Waals surface area contributed by atoms with E-state index in [1.54, 1.807) is 11.4 Å². The van der Waals surface area contributed by atoms with E-state index in [0.29, 0.717) is 9.79 Å². The summed E-state index contributed by atoms with van der Waals surface area (Å²) in [5, 5.41) is 19.3. The SMILES string of the molecule is N#Cc1cc(C(F)(F)F)ccc1Sc1csc(C(=O)O)c1. The molecular weight excluding hydrogens is 323 g/mol. The molecule has 1 N–H and O–H groups in total. The predicted octanol–water partition coefficient (Wildman–Crippen LogP) is 4.49. The van der Waals surface area contributed by atoms with Crippen LogP contribution in [0.25, 0.3) is 0 Å². The summed E-state index contributed by atoms with van der Waals surface area (Å²) in [6.45, 7) is 0. The lowest BCUT2D eigenvalue weighted by molar-refractivity contribution is -0.137. The van der Waals surface area contributed by atoms with Gasteiger partial charge in [0.05, 0.1) is 11.1 Å². The van der Waals surface area contributed by atoms with Crippen LogP contribution in [0, 0.1) is 11.3 Å². The van der Waals surface area contributed by atoms with Crippen LogP contribution in [0.3, 0.4) is 0 Å². The van der Waals surface area contributed by atoms with Crippen molar-refractivity contribution in [1.82, 2.24) is 0 Å². The third-order valence-electron chi connectivity index (χ3n) is 2.44. The Morgan fingerprint density at radius 2 is 2.05 bits per heavy atom. The van der Waals surface area contributed by atoms with Gasteiger partial charge in [0.25, 0.3) is 0 Å². The molecule has 0 aliphatic rings. The monoisotopic (exact) mass is 329 g/mol. The van der Waals surface area contributed by atoms with E-state index in [4.69, 9.17) is 10.4 Å². The maximum Gasteiger partial charge on any atom is 0.416 e. The molecule has 0 aliphatic carbocycles. The molecule has 1 aromatic heterocycles. The number of benzene rings is 1. The summed E-state index contributed by atoms with van der Waals surface area (Å²) in [6, 6.07) is 6.03. The topological polar surface area (TPSA) is 61.1 Å². The summed E-state index contributed by atoms with van der Waals surface area (Å²) in [7, 11) is 0. The van der Waals surface area contributed by atoms with Gasteiger partial charge in [-0.25, -0.2) is 4.79 Å². The largest absolute Gasteiger partial charge is 0.477 e. The van der Waals surface area contributed by atoms with Gasteiger partial charge in [-0.15, -0.1) is 11.3 Å². The van der Waals surface area contributed by atoms with E-state index in [1.807, 2.05) is 0 Å². The summed E-state index contributed by atoms with van der Waals surface area (Å²) in [5.74, 6) is -1.07. The predicted molar refractivity (Wildman–Crippen MR) is 71.6 cm³/mol. The number of aromatic carboxylic acids is 1. The molecule has 3 nitrogen and oxygen atoms in total. The normalized spacial score (nSPS) is 11.1. The van der Waals surface area contributed by atoms with Crippen molar-refractivity contribution >= 4 is 29.1 Å². The fourth-order valence-electron chi connectivity index (χ4n) is 1.49. The molecule has 0 saturated carbocycles. The van der Waals surface area contributed by atoms with Crippen LogP contribution in [-0.2, 0) is 6.18 Å².